The lowest BCUT2D eigenvalue weighted by Gasteiger charge is -2.45. The van der Waals surface area contributed by atoms with Gasteiger partial charge in [-0.2, -0.15) is 0 Å². The van der Waals surface area contributed by atoms with Gasteiger partial charge in [0.25, 0.3) is 0 Å². The van der Waals surface area contributed by atoms with Crippen molar-refractivity contribution in [3.63, 3.8) is 0 Å². The number of nitrogens with one attached hydrogen (secondary N) is 1. The first kappa shape index (κ1) is 24.5. The molecule has 8 unspecified atom stereocenters. The summed E-state index contributed by atoms with van der Waals surface area (Å²) in [4.78, 5) is 15.2. The molecule has 2 rings (SSSR count). The second kappa shape index (κ2) is 11.0. The summed E-state index contributed by atoms with van der Waals surface area (Å²) in [6, 6.07) is -0.622. The first-order valence-electron chi connectivity index (χ1n) is 11.4. The van der Waals surface area contributed by atoms with Gasteiger partial charge in [-0.25, -0.2) is 0 Å². The maximum Gasteiger partial charge on any atom is 0.237 e. The minimum atomic E-state index is -1.28. The first-order chi connectivity index (χ1) is 13.7. The highest BCUT2D eigenvalue weighted by Crippen LogP contribution is 2.30. The highest BCUT2D eigenvalue weighted by Gasteiger charge is 2.47. The zero-order chi connectivity index (χ0) is 21.7. The van der Waals surface area contributed by atoms with Crippen LogP contribution in [0.15, 0.2) is 0 Å². The molecule has 29 heavy (non-hydrogen) atoms. The molecule has 2 heterocycles. The molecule has 0 saturated carbocycles. The van der Waals surface area contributed by atoms with E-state index in [-0.39, 0.29) is 17.9 Å². The number of amides is 1. The molecule has 2 aliphatic rings. The summed E-state index contributed by atoms with van der Waals surface area (Å²) in [5, 5.41) is 34.3. The third kappa shape index (κ3) is 5.91. The minimum Gasteiger partial charge on any atom is -0.388 e. The number of unbranched alkanes of at least 4 members (excludes halogenated alkanes) is 1. The second-order valence-corrected chi connectivity index (χ2v) is 9.38. The number of rotatable bonds is 9. The number of aliphatic hydroxyl groups is 3. The minimum absolute atomic E-state index is 0.00548. The Labute approximate surface area is 175 Å². The van der Waals surface area contributed by atoms with Crippen LogP contribution in [0.3, 0.4) is 0 Å². The molecule has 0 aliphatic carbocycles. The average molecular weight is 415 g/mol. The normalized spacial score (nSPS) is 37.1. The summed E-state index contributed by atoms with van der Waals surface area (Å²) in [5.74, 6) is 0.496. The smallest absolute Gasteiger partial charge is 0.237 e. The van der Waals surface area contributed by atoms with Crippen molar-refractivity contribution in [3.05, 3.63) is 0 Å². The Morgan fingerprint density at radius 1 is 1.10 bits per heavy atom. The van der Waals surface area contributed by atoms with Gasteiger partial charge < -0.3 is 25.4 Å². The van der Waals surface area contributed by atoms with Crippen molar-refractivity contribution in [2.24, 2.45) is 11.8 Å². The highest BCUT2D eigenvalue weighted by atomic mass is 16.5. The summed E-state index contributed by atoms with van der Waals surface area (Å²) < 4.78 is 6.02. The Kier molecular flexibility index (Phi) is 9.35. The molecular weight excluding hydrogens is 372 g/mol. The van der Waals surface area contributed by atoms with Gasteiger partial charge in [0.1, 0.15) is 24.4 Å². The van der Waals surface area contributed by atoms with Crippen molar-refractivity contribution in [1.29, 1.82) is 0 Å². The summed E-state index contributed by atoms with van der Waals surface area (Å²) in [6.45, 7) is 9.03. The van der Waals surface area contributed by atoms with Gasteiger partial charge in [-0.3, -0.25) is 9.69 Å². The standard InChI is InChI=1S/C22H42N2O5/c1-6-8-10-14-11-15(24(5)12-14)22(28)23-17(13(3)4)21-20(27)19(26)18(25)16(29-21)9-7-2/h13-21,25-27H,6-12H2,1-5H3,(H,23,28). The molecule has 2 saturated heterocycles. The van der Waals surface area contributed by atoms with Gasteiger partial charge in [-0.15, -0.1) is 0 Å². The van der Waals surface area contributed by atoms with Crippen LogP contribution in [0.5, 0.6) is 0 Å². The van der Waals surface area contributed by atoms with E-state index in [0.29, 0.717) is 12.3 Å². The largest absolute Gasteiger partial charge is 0.388 e. The van der Waals surface area contributed by atoms with Crippen LogP contribution in [0.25, 0.3) is 0 Å². The van der Waals surface area contributed by atoms with Gasteiger partial charge in [0.05, 0.1) is 18.2 Å². The van der Waals surface area contributed by atoms with E-state index in [1.165, 1.54) is 6.42 Å². The van der Waals surface area contributed by atoms with Crippen LogP contribution in [-0.4, -0.2) is 82.3 Å². The van der Waals surface area contributed by atoms with Gasteiger partial charge in [-0.1, -0.05) is 47.0 Å². The van der Waals surface area contributed by atoms with Crippen molar-refractivity contribution < 1.29 is 24.9 Å². The quantitative estimate of drug-likeness (QED) is 0.453. The molecule has 170 valence electrons. The second-order valence-electron chi connectivity index (χ2n) is 9.38. The van der Waals surface area contributed by atoms with Crippen LogP contribution in [0.1, 0.15) is 66.2 Å². The van der Waals surface area contributed by atoms with E-state index < -0.39 is 36.6 Å². The van der Waals surface area contributed by atoms with E-state index in [0.717, 1.165) is 32.2 Å². The van der Waals surface area contributed by atoms with Gasteiger partial charge in [0.15, 0.2) is 0 Å². The van der Waals surface area contributed by atoms with Gasteiger partial charge in [0, 0.05) is 6.54 Å². The van der Waals surface area contributed by atoms with Crippen molar-refractivity contribution in [2.45, 2.75) is 109 Å². The zero-order valence-electron chi connectivity index (χ0n) is 18.8. The molecule has 2 aliphatic heterocycles. The average Bonchev–Trinajstić information content (AvgIpc) is 3.05. The molecule has 1 amide bonds. The van der Waals surface area contributed by atoms with Crippen molar-refractivity contribution >= 4 is 5.91 Å². The number of carbonyl (C=O) groups excluding carboxylic acids is 1. The third-order valence-electron chi connectivity index (χ3n) is 6.61. The molecule has 0 bridgehead atoms. The molecule has 7 heteroatoms. The summed E-state index contributed by atoms with van der Waals surface area (Å²) in [5.41, 5.74) is 0. The Morgan fingerprint density at radius 2 is 1.79 bits per heavy atom. The lowest BCUT2D eigenvalue weighted by molar-refractivity contribution is -0.232. The topological polar surface area (TPSA) is 102 Å². The monoisotopic (exact) mass is 414 g/mol. The zero-order valence-corrected chi connectivity index (χ0v) is 18.8. The summed E-state index contributed by atoms with van der Waals surface area (Å²) >= 11 is 0. The van der Waals surface area contributed by atoms with E-state index in [9.17, 15) is 20.1 Å². The van der Waals surface area contributed by atoms with E-state index in [4.69, 9.17) is 4.74 Å². The fourth-order valence-electron chi connectivity index (χ4n) is 4.80. The predicted molar refractivity (Wildman–Crippen MR) is 112 cm³/mol. The Bertz CT molecular complexity index is 517. The fraction of sp³-hybridized carbons (Fsp3) is 0.955. The Hall–Kier alpha value is -0.730. The Balaban J connectivity index is 2.08. The van der Waals surface area contributed by atoms with Crippen LogP contribution in [0, 0.1) is 11.8 Å². The van der Waals surface area contributed by atoms with Crippen LogP contribution < -0.4 is 5.32 Å². The summed E-state index contributed by atoms with van der Waals surface area (Å²) in [7, 11) is 1.99. The van der Waals surface area contributed by atoms with E-state index in [1.807, 2.05) is 27.8 Å². The highest BCUT2D eigenvalue weighted by molar-refractivity contribution is 5.82. The SMILES string of the molecule is CCCCC1CC(C(=O)NC(C(C)C)C2OC(CCC)C(O)C(O)C2O)N(C)C1. The number of hydrogen-bond donors (Lipinski definition) is 4. The molecule has 0 aromatic carbocycles. The molecular formula is C22H42N2O5. The number of likely N-dealkylation sites (N-methyl/N-ethyl adjacent to an activating group) is 1. The number of ether oxygens (including phenoxy) is 1. The number of aliphatic hydroxyl groups excluding tert-OH is 3. The maximum absolute atomic E-state index is 13.1. The molecule has 0 radical (unpaired) electrons. The fourth-order valence-corrected chi connectivity index (χ4v) is 4.80. The summed E-state index contributed by atoms with van der Waals surface area (Å²) in [6.07, 6.45) is 0.772. The third-order valence-corrected chi connectivity index (χ3v) is 6.61. The van der Waals surface area contributed by atoms with Crippen molar-refractivity contribution in [2.75, 3.05) is 13.6 Å². The van der Waals surface area contributed by atoms with Crippen LogP contribution in [0.2, 0.25) is 0 Å². The molecule has 0 aromatic rings. The van der Waals surface area contributed by atoms with Gasteiger partial charge >= 0.3 is 0 Å². The van der Waals surface area contributed by atoms with Crippen molar-refractivity contribution in [3.8, 4) is 0 Å². The van der Waals surface area contributed by atoms with E-state index in [1.54, 1.807) is 0 Å². The number of likely N-dealkylation sites (tertiary alicyclic amines) is 1. The van der Waals surface area contributed by atoms with Crippen LogP contribution >= 0.6 is 0 Å². The van der Waals surface area contributed by atoms with Crippen LogP contribution in [-0.2, 0) is 9.53 Å². The maximum atomic E-state index is 13.1. The molecule has 4 N–H and O–H groups in total. The lowest BCUT2D eigenvalue weighted by atomic mass is 9.85. The lowest BCUT2D eigenvalue weighted by Crippen LogP contribution is -2.65. The first-order valence-corrected chi connectivity index (χ1v) is 11.4. The van der Waals surface area contributed by atoms with Crippen molar-refractivity contribution in [1.82, 2.24) is 10.2 Å². The molecule has 0 spiro atoms. The predicted octanol–water partition coefficient (Wildman–Crippen LogP) is 1.29. The molecule has 7 nitrogen and oxygen atoms in total. The Morgan fingerprint density at radius 3 is 2.38 bits per heavy atom. The number of hydrogen-bond acceptors (Lipinski definition) is 6. The van der Waals surface area contributed by atoms with E-state index >= 15 is 0 Å². The van der Waals surface area contributed by atoms with Gasteiger partial charge in [0.2, 0.25) is 5.91 Å². The van der Waals surface area contributed by atoms with Gasteiger partial charge in [-0.05, 0) is 38.1 Å². The van der Waals surface area contributed by atoms with Crippen LogP contribution in [0.4, 0.5) is 0 Å². The molecule has 8 atom stereocenters. The number of carbonyl (C=O) groups is 1. The molecule has 0 aromatic heterocycles. The van der Waals surface area contributed by atoms with E-state index in [2.05, 4.69) is 17.1 Å². The number of nitrogens with zero attached hydrogens (tertiary/aromatic N) is 1. The molecule has 2 fully saturated rings.